The van der Waals surface area contributed by atoms with Crippen molar-refractivity contribution in [1.29, 1.82) is 0 Å². The Morgan fingerprint density at radius 2 is 2.11 bits per heavy atom. The number of nitrogens with one attached hydrogen (secondary N) is 1. The molecule has 0 saturated heterocycles. The molecule has 0 radical (unpaired) electrons. The summed E-state index contributed by atoms with van der Waals surface area (Å²) in [6, 6.07) is 6.23. The molecule has 3 nitrogen and oxygen atoms in total. The number of rotatable bonds is 8. The number of halogens is 1. The minimum absolute atomic E-state index is 0.193. The van der Waals surface area contributed by atoms with Gasteiger partial charge in [-0.3, -0.25) is 0 Å². The molecule has 3 N–H and O–H groups in total. The summed E-state index contributed by atoms with van der Waals surface area (Å²) in [5, 5.41) is 21.5. The molecule has 1 aromatic carbocycles. The van der Waals surface area contributed by atoms with Crippen LogP contribution in [0.2, 0.25) is 0 Å². The van der Waals surface area contributed by atoms with Crippen LogP contribution in [0.25, 0.3) is 0 Å². The standard InChI is InChI=1S/C14H22BrNO2S/c1-10(2)6-16-7-11-3-4-14(13(15)5-11)19-9-12(18)8-17/h3-5,10,12,16-18H,6-9H2,1-2H3. The van der Waals surface area contributed by atoms with E-state index < -0.39 is 6.10 Å². The van der Waals surface area contributed by atoms with Crippen molar-refractivity contribution >= 4 is 27.7 Å². The molecule has 0 heterocycles. The summed E-state index contributed by atoms with van der Waals surface area (Å²) in [5.41, 5.74) is 1.24. The molecule has 0 spiro atoms. The molecule has 0 fully saturated rings. The summed E-state index contributed by atoms with van der Waals surface area (Å²) in [5.74, 6) is 1.15. The van der Waals surface area contributed by atoms with Crippen LogP contribution in [0, 0.1) is 5.92 Å². The van der Waals surface area contributed by atoms with Crippen LogP contribution in [0.4, 0.5) is 0 Å². The van der Waals surface area contributed by atoms with E-state index >= 15 is 0 Å². The topological polar surface area (TPSA) is 52.5 Å². The Labute approximate surface area is 127 Å². The van der Waals surface area contributed by atoms with E-state index in [2.05, 4.69) is 47.2 Å². The normalized spacial score (nSPS) is 12.9. The van der Waals surface area contributed by atoms with Crippen LogP contribution >= 0.6 is 27.7 Å². The van der Waals surface area contributed by atoms with Crippen molar-refractivity contribution in [1.82, 2.24) is 5.32 Å². The van der Waals surface area contributed by atoms with Crippen LogP contribution in [0.3, 0.4) is 0 Å². The maximum absolute atomic E-state index is 9.34. The molecule has 5 heteroatoms. The summed E-state index contributed by atoms with van der Waals surface area (Å²) in [4.78, 5) is 1.08. The van der Waals surface area contributed by atoms with Crippen LogP contribution in [0.1, 0.15) is 19.4 Å². The Balaban J connectivity index is 2.49. The van der Waals surface area contributed by atoms with Crippen molar-refractivity contribution in [3.05, 3.63) is 28.2 Å². The lowest BCUT2D eigenvalue weighted by Crippen LogP contribution is -2.18. The fourth-order valence-corrected chi connectivity index (χ4v) is 3.12. The molecule has 0 aliphatic rings. The molecule has 1 unspecified atom stereocenters. The van der Waals surface area contributed by atoms with Gasteiger partial charge in [0.05, 0.1) is 12.7 Å². The average molecular weight is 348 g/mol. The Morgan fingerprint density at radius 1 is 1.37 bits per heavy atom. The first-order chi connectivity index (χ1) is 9.02. The quantitative estimate of drug-likeness (QED) is 0.632. The second kappa shape index (κ2) is 8.97. The number of thioether (sulfide) groups is 1. The summed E-state index contributed by atoms with van der Waals surface area (Å²) >= 11 is 5.09. The Hall–Kier alpha value is -0.0700. The highest BCUT2D eigenvalue weighted by Gasteiger charge is 2.06. The van der Waals surface area contributed by atoms with Crippen LogP contribution in [0.5, 0.6) is 0 Å². The number of aliphatic hydroxyl groups excluding tert-OH is 2. The fourth-order valence-electron chi connectivity index (χ4n) is 1.52. The molecule has 0 amide bonds. The second-order valence-electron chi connectivity index (χ2n) is 4.94. The highest BCUT2D eigenvalue weighted by molar-refractivity contribution is 9.10. The second-order valence-corrected chi connectivity index (χ2v) is 6.85. The van der Waals surface area contributed by atoms with Gasteiger partial charge in [0.15, 0.2) is 0 Å². The van der Waals surface area contributed by atoms with E-state index in [0.717, 1.165) is 22.5 Å². The molecule has 0 aliphatic carbocycles. The Morgan fingerprint density at radius 3 is 2.68 bits per heavy atom. The Bertz CT molecular complexity index is 388. The van der Waals surface area contributed by atoms with Gasteiger partial charge in [0.1, 0.15) is 0 Å². The highest BCUT2D eigenvalue weighted by atomic mass is 79.9. The molecule has 0 aromatic heterocycles. The van der Waals surface area contributed by atoms with Crippen molar-refractivity contribution in [2.75, 3.05) is 18.9 Å². The van der Waals surface area contributed by atoms with Crippen molar-refractivity contribution < 1.29 is 10.2 Å². The maximum Gasteiger partial charge on any atom is 0.0864 e. The van der Waals surface area contributed by atoms with Gasteiger partial charge in [0, 0.05) is 21.7 Å². The lowest BCUT2D eigenvalue weighted by molar-refractivity contribution is 0.113. The van der Waals surface area contributed by atoms with Gasteiger partial charge in [-0.25, -0.2) is 0 Å². The van der Waals surface area contributed by atoms with Gasteiger partial charge in [0.2, 0.25) is 0 Å². The zero-order valence-corrected chi connectivity index (χ0v) is 13.8. The van der Waals surface area contributed by atoms with Crippen LogP contribution < -0.4 is 5.32 Å². The minimum Gasteiger partial charge on any atom is -0.394 e. The zero-order valence-electron chi connectivity index (χ0n) is 11.4. The van der Waals surface area contributed by atoms with Gasteiger partial charge < -0.3 is 15.5 Å². The summed E-state index contributed by atoms with van der Waals surface area (Å²) in [6.07, 6.45) is -0.663. The van der Waals surface area contributed by atoms with E-state index in [1.807, 2.05) is 6.07 Å². The van der Waals surface area contributed by atoms with Gasteiger partial charge in [-0.2, -0.15) is 0 Å². The predicted octanol–water partition coefficient (Wildman–Crippen LogP) is 2.64. The van der Waals surface area contributed by atoms with E-state index in [1.165, 1.54) is 17.3 Å². The maximum atomic E-state index is 9.34. The van der Waals surface area contributed by atoms with E-state index in [-0.39, 0.29) is 6.61 Å². The van der Waals surface area contributed by atoms with E-state index in [9.17, 15) is 5.11 Å². The van der Waals surface area contributed by atoms with Crippen LogP contribution in [-0.4, -0.2) is 35.2 Å². The smallest absolute Gasteiger partial charge is 0.0864 e. The predicted molar refractivity (Wildman–Crippen MR) is 84.5 cm³/mol. The third kappa shape index (κ3) is 6.77. The van der Waals surface area contributed by atoms with Crippen molar-refractivity contribution in [2.24, 2.45) is 5.92 Å². The largest absolute Gasteiger partial charge is 0.394 e. The van der Waals surface area contributed by atoms with Crippen LogP contribution in [-0.2, 0) is 6.54 Å². The monoisotopic (exact) mass is 347 g/mol. The molecule has 0 bridgehead atoms. The Kier molecular flexibility index (Phi) is 8.02. The molecule has 1 aromatic rings. The SMILES string of the molecule is CC(C)CNCc1ccc(SCC(O)CO)c(Br)c1. The van der Waals surface area contributed by atoms with E-state index in [4.69, 9.17) is 5.11 Å². The van der Waals surface area contributed by atoms with Gasteiger partial charge in [0.25, 0.3) is 0 Å². The molecule has 0 aliphatic heterocycles. The van der Waals surface area contributed by atoms with Crippen LogP contribution in [0.15, 0.2) is 27.6 Å². The lowest BCUT2D eigenvalue weighted by Gasteiger charge is -2.11. The molecule has 1 atom stereocenters. The first kappa shape index (κ1) is 17.0. The molecule has 1 rings (SSSR count). The van der Waals surface area contributed by atoms with Crippen molar-refractivity contribution in [2.45, 2.75) is 31.4 Å². The number of aliphatic hydroxyl groups is 2. The highest BCUT2D eigenvalue weighted by Crippen LogP contribution is 2.28. The number of benzene rings is 1. The first-order valence-corrected chi connectivity index (χ1v) is 8.21. The third-order valence-electron chi connectivity index (χ3n) is 2.52. The van der Waals surface area contributed by atoms with Crippen molar-refractivity contribution in [3.8, 4) is 0 Å². The number of hydrogen-bond acceptors (Lipinski definition) is 4. The van der Waals surface area contributed by atoms with Crippen molar-refractivity contribution in [3.63, 3.8) is 0 Å². The fraction of sp³-hybridized carbons (Fsp3) is 0.571. The first-order valence-electron chi connectivity index (χ1n) is 6.43. The average Bonchev–Trinajstić information content (AvgIpc) is 2.37. The van der Waals surface area contributed by atoms with Gasteiger partial charge in [-0.05, 0) is 46.1 Å². The van der Waals surface area contributed by atoms with E-state index in [0.29, 0.717) is 11.7 Å². The zero-order chi connectivity index (χ0) is 14.3. The minimum atomic E-state index is -0.663. The van der Waals surface area contributed by atoms with E-state index in [1.54, 1.807) is 0 Å². The molecular formula is C14H22BrNO2S. The third-order valence-corrected chi connectivity index (χ3v) is 4.66. The van der Waals surface area contributed by atoms with Gasteiger partial charge >= 0.3 is 0 Å². The lowest BCUT2D eigenvalue weighted by atomic mass is 10.2. The summed E-state index contributed by atoms with van der Waals surface area (Å²) < 4.78 is 1.03. The summed E-state index contributed by atoms with van der Waals surface area (Å²) in [6.45, 7) is 6.06. The van der Waals surface area contributed by atoms with Gasteiger partial charge in [-0.1, -0.05) is 19.9 Å². The van der Waals surface area contributed by atoms with Gasteiger partial charge in [-0.15, -0.1) is 11.8 Å². The summed E-state index contributed by atoms with van der Waals surface area (Å²) in [7, 11) is 0. The molecule has 19 heavy (non-hydrogen) atoms. The molecular weight excluding hydrogens is 326 g/mol. The molecule has 0 saturated carbocycles. The number of hydrogen-bond donors (Lipinski definition) is 3. The molecule has 108 valence electrons.